The number of anilines is 1. The molecule has 5 nitrogen and oxygen atoms in total. The fourth-order valence-corrected chi connectivity index (χ4v) is 2.89. The zero-order valence-corrected chi connectivity index (χ0v) is 12.6. The fraction of sp³-hybridized carbons (Fsp3) is 0.625. The first-order valence-corrected chi connectivity index (χ1v) is 7.85. The summed E-state index contributed by atoms with van der Waals surface area (Å²) in [7, 11) is 0. The minimum absolute atomic E-state index is 0.0922. The normalized spacial score (nSPS) is 16.2. The molecule has 1 N–H and O–H groups in total. The molecule has 1 aromatic rings. The van der Waals surface area contributed by atoms with Crippen molar-refractivity contribution in [1.29, 1.82) is 0 Å². The lowest BCUT2D eigenvalue weighted by Crippen LogP contribution is -2.14. The Hall–Kier alpha value is -1.78. The Kier molecular flexibility index (Phi) is 5.84. The number of hydrogen-bond acceptors (Lipinski definition) is 4. The van der Waals surface area contributed by atoms with Gasteiger partial charge in [-0.3, -0.25) is 10.1 Å². The van der Waals surface area contributed by atoms with E-state index in [0.29, 0.717) is 24.0 Å². The molecule has 1 fully saturated rings. The van der Waals surface area contributed by atoms with Gasteiger partial charge in [0.15, 0.2) is 0 Å². The summed E-state index contributed by atoms with van der Waals surface area (Å²) < 4.78 is 5.33. The van der Waals surface area contributed by atoms with Crippen LogP contribution >= 0.6 is 0 Å². The Labute approximate surface area is 125 Å². The number of rotatable bonds is 6. The molecule has 0 aromatic heterocycles. The van der Waals surface area contributed by atoms with Crippen LogP contribution in [0.1, 0.15) is 45.4 Å². The van der Waals surface area contributed by atoms with Gasteiger partial charge in [0.1, 0.15) is 11.4 Å². The van der Waals surface area contributed by atoms with Crippen molar-refractivity contribution in [2.24, 2.45) is 5.92 Å². The largest absolute Gasteiger partial charge is 0.494 e. The Bertz CT molecular complexity index is 469. The summed E-state index contributed by atoms with van der Waals surface area (Å²) in [6.07, 6.45) is 7.63. The highest BCUT2D eigenvalue weighted by atomic mass is 16.6. The van der Waals surface area contributed by atoms with E-state index < -0.39 is 0 Å². The summed E-state index contributed by atoms with van der Waals surface area (Å²) >= 11 is 0. The minimum Gasteiger partial charge on any atom is -0.494 e. The van der Waals surface area contributed by atoms with Crippen molar-refractivity contribution < 1.29 is 9.66 Å². The van der Waals surface area contributed by atoms with Crippen LogP contribution in [0.3, 0.4) is 0 Å². The third-order valence-electron chi connectivity index (χ3n) is 4.03. The summed E-state index contributed by atoms with van der Waals surface area (Å²) in [5.74, 6) is 1.17. The van der Waals surface area contributed by atoms with Gasteiger partial charge in [-0.05, 0) is 37.8 Å². The number of hydrogen-bond donors (Lipinski definition) is 1. The van der Waals surface area contributed by atoms with Crippen molar-refractivity contribution in [3.63, 3.8) is 0 Å². The van der Waals surface area contributed by atoms with Gasteiger partial charge in [-0.2, -0.15) is 0 Å². The van der Waals surface area contributed by atoms with E-state index in [1.165, 1.54) is 44.6 Å². The van der Waals surface area contributed by atoms with Crippen molar-refractivity contribution in [3.05, 3.63) is 28.3 Å². The van der Waals surface area contributed by atoms with E-state index in [4.69, 9.17) is 4.74 Å². The average Bonchev–Trinajstić information content (AvgIpc) is 2.74. The number of nitrogens with zero attached hydrogens (tertiary/aromatic N) is 1. The van der Waals surface area contributed by atoms with E-state index in [1.54, 1.807) is 12.1 Å². The topological polar surface area (TPSA) is 64.4 Å². The van der Waals surface area contributed by atoms with Crippen LogP contribution in [0.15, 0.2) is 18.2 Å². The lowest BCUT2D eigenvalue weighted by atomic mass is 10.0. The quantitative estimate of drug-likeness (QED) is 0.480. The molecule has 1 saturated carbocycles. The lowest BCUT2D eigenvalue weighted by Gasteiger charge is -2.16. The Morgan fingerprint density at radius 2 is 2.00 bits per heavy atom. The van der Waals surface area contributed by atoms with Crippen molar-refractivity contribution in [2.45, 2.75) is 45.4 Å². The molecule has 0 spiro atoms. The van der Waals surface area contributed by atoms with Gasteiger partial charge in [0.05, 0.1) is 17.6 Å². The van der Waals surface area contributed by atoms with Gasteiger partial charge in [-0.1, -0.05) is 25.7 Å². The molecule has 5 heteroatoms. The van der Waals surface area contributed by atoms with Gasteiger partial charge in [0, 0.05) is 6.54 Å². The van der Waals surface area contributed by atoms with Crippen LogP contribution in [0.2, 0.25) is 0 Å². The van der Waals surface area contributed by atoms with Crippen LogP contribution in [0.5, 0.6) is 5.75 Å². The second-order valence-corrected chi connectivity index (χ2v) is 5.61. The van der Waals surface area contributed by atoms with Crippen LogP contribution in [0.25, 0.3) is 0 Å². The first-order chi connectivity index (χ1) is 10.2. The van der Waals surface area contributed by atoms with Gasteiger partial charge < -0.3 is 10.1 Å². The highest BCUT2D eigenvalue weighted by Gasteiger charge is 2.17. The molecule has 0 amide bonds. The van der Waals surface area contributed by atoms with Crippen LogP contribution < -0.4 is 10.1 Å². The molecule has 1 aromatic carbocycles. The predicted molar refractivity (Wildman–Crippen MR) is 83.9 cm³/mol. The molecule has 21 heavy (non-hydrogen) atoms. The Morgan fingerprint density at radius 3 is 2.62 bits per heavy atom. The van der Waals surface area contributed by atoms with E-state index >= 15 is 0 Å². The summed E-state index contributed by atoms with van der Waals surface area (Å²) in [5.41, 5.74) is 0.683. The van der Waals surface area contributed by atoms with Crippen LogP contribution in [0, 0.1) is 16.0 Å². The fourth-order valence-electron chi connectivity index (χ4n) is 2.89. The zero-order chi connectivity index (χ0) is 15.1. The van der Waals surface area contributed by atoms with Gasteiger partial charge in [-0.25, -0.2) is 0 Å². The van der Waals surface area contributed by atoms with Gasteiger partial charge in [0.2, 0.25) is 0 Å². The molecular formula is C16H24N2O3. The van der Waals surface area contributed by atoms with E-state index in [1.807, 2.05) is 6.92 Å². The molecule has 0 heterocycles. The highest BCUT2D eigenvalue weighted by Crippen LogP contribution is 2.30. The summed E-state index contributed by atoms with van der Waals surface area (Å²) in [5, 5.41) is 14.5. The zero-order valence-electron chi connectivity index (χ0n) is 12.6. The second-order valence-electron chi connectivity index (χ2n) is 5.61. The Balaban J connectivity index is 2.02. The smallest absolute Gasteiger partial charge is 0.296 e. The monoisotopic (exact) mass is 292 g/mol. The van der Waals surface area contributed by atoms with E-state index in [0.717, 1.165) is 6.54 Å². The lowest BCUT2D eigenvalue weighted by molar-refractivity contribution is -0.384. The molecule has 0 unspecified atom stereocenters. The van der Waals surface area contributed by atoms with Crippen LogP contribution in [-0.4, -0.2) is 18.1 Å². The third kappa shape index (κ3) is 4.62. The maximum atomic E-state index is 11.2. The molecule has 0 radical (unpaired) electrons. The molecule has 2 rings (SSSR count). The standard InChI is InChI=1S/C16H24N2O3/c1-2-21-14-9-10-15(16(11-14)18(19)20)17-12-13-7-5-3-4-6-8-13/h9-11,13,17H,2-8,12H2,1H3. The third-order valence-corrected chi connectivity index (χ3v) is 4.03. The number of nitro groups is 1. The summed E-state index contributed by atoms with van der Waals surface area (Å²) in [6, 6.07) is 5.03. The van der Waals surface area contributed by atoms with Gasteiger partial charge in [0.25, 0.3) is 5.69 Å². The molecule has 116 valence electrons. The van der Waals surface area contributed by atoms with Gasteiger partial charge >= 0.3 is 0 Å². The molecule has 0 bridgehead atoms. The van der Waals surface area contributed by atoms with Gasteiger partial charge in [-0.15, -0.1) is 0 Å². The Morgan fingerprint density at radius 1 is 1.29 bits per heavy atom. The SMILES string of the molecule is CCOc1ccc(NCC2CCCCCC2)c([N+](=O)[O-])c1. The molecule has 0 aliphatic heterocycles. The first kappa shape index (κ1) is 15.6. The van der Waals surface area contributed by atoms with E-state index in [-0.39, 0.29) is 10.6 Å². The number of benzene rings is 1. The molecule has 0 saturated heterocycles. The predicted octanol–water partition coefficient (Wildman–Crippen LogP) is 4.38. The maximum absolute atomic E-state index is 11.2. The van der Waals surface area contributed by atoms with Crippen molar-refractivity contribution >= 4 is 11.4 Å². The van der Waals surface area contributed by atoms with E-state index in [2.05, 4.69) is 5.32 Å². The highest BCUT2D eigenvalue weighted by molar-refractivity contribution is 5.63. The van der Waals surface area contributed by atoms with Crippen molar-refractivity contribution in [2.75, 3.05) is 18.5 Å². The molecule has 1 aliphatic carbocycles. The van der Waals surface area contributed by atoms with Crippen LogP contribution in [-0.2, 0) is 0 Å². The minimum atomic E-state index is -0.349. The first-order valence-electron chi connectivity index (χ1n) is 7.85. The van der Waals surface area contributed by atoms with Crippen LogP contribution in [0.4, 0.5) is 11.4 Å². The van der Waals surface area contributed by atoms with E-state index in [9.17, 15) is 10.1 Å². The van der Waals surface area contributed by atoms with Crippen molar-refractivity contribution in [3.8, 4) is 5.75 Å². The molecule has 1 aliphatic rings. The molecular weight excluding hydrogens is 268 g/mol. The van der Waals surface area contributed by atoms with Crippen molar-refractivity contribution in [1.82, 2.24) is 0 Å². The number of ether oxygens (including phenoxy) is 1. The molecule has 0 atom stereocenters. The number of nitrogens with one attached hydrogen (secondary N) is 1. The summed E-state index contributed by atoms with van der Waals surface area (Å²) in [6.45, 7) is 3.19. The number of nitro benzene ring substituents is 1. The maximum Gasteiger partial charge on any atom is 0.296 e. The average molecular weight is 292 g/mol. The summed E-state index contributed by atoms with van der Waals surface area (Å²) in [4.78, 5) is 10.8. The second kappa shape index (κ2) is 7.86.